The molecule has 0 radical (unpaired) electrons. The molecule has 0 saturated carbocycles. The van der Waals surface area contributed by atoms with Crippen LogP contribution in [0.3, 0.4) is 0 Å². The molecule has 3 nitrogen and oxygen atoms in total. The Balaban J connectivity index is 2.31. The summed E-state index contributed by atoms with van der Waals surface area (Å²) in [5.41, 5.74) is 0.967. The van der Waals surface area contributed by atoms with Gasteiger partial charge < -0.3 is 9.64 Å². The third kappa shape index (κ3) is 3.64. The number of nitrogens with zero attached hydrogens (tertiary/aromatic N) is 1. The van der Waals surface area contributed by atoms with Crippen molar-refractivity contribution in [2.75, 3.05) is 11.9 Å². The molecule has 0 bridgehead atoms. The molecule has 0 heterocycles. The minimum absolute atomic E-state index is 0.287. The van der Waals surface area contributed by atoms with Crippen LogP contribution in [0.15, 0.2) is 48.5 Å². The lowest BCUT2D eigenvalue weighted by atomic mass is 9.97. The van der Waals surface area contributed by atoms with Gasteiger partial charge in [0, 0.05) is 12.7 Å². The van der Waals surface area contributed by atoms with E-state index >= 15 is 0 Å². The van der Waals surface area contributed by atoms with Gasteiger partial charge in [-0.2, -0.15) is 0 Å². The van der Waals surface area contributed by atoms with Crippen LogP contribution in [-0.2, 0) is 4.79 Å². The summed E-state index contributed by atoms with van der Waals surface area (Å²) in [5.74, 6) is -0.105. The first-order valence-electron chi connectivity index (χ1n) is 7.09. The van der Waals surface area contributed by atoms with Crippen molar-refractivity contribution in [2.24, 2.45) is 5.41 Å². The number of anilines is 2. The first-order chi connectivity index (χ1) is 10.3. The fraction of sp³-hybridized carbons (Fsp3) is 0.278. The Morgan fingerprint density at radius 1 is 1.05 bits per heavy atom. The molecule has 0 aliphatic carbocycles. The average molecular weight is 301 g/mol. The van der Waals surface area contributed by atoms with Gasteiger partial charge >= 0.3 is 5.97 Å². The molecule has 0 saturated heterocycles. The molecule has 0 aromatic heterocycles. The second-order valence-electron chi connectivity index (χ2n) is 6.14. The Bertz CT molecular complexity index is 660. The number of carbonyl (C=O) groups is 1. The van der Waals surface area contributed by atoms with E-state index < -0.39 is 5.41 Å². The molecular formula is C18H20FNO2. The summed E-state index contributed by atoms with van der Waals surface area (Å²) in [6.45, 7) is 5.42. The Morgan fingerprint density at radius 3 is 2.23 bits per heavy atom. The zero-order valence-corrected chi connectivity index (χ0v) is 13.3. The van der Waals surface area contributed by atoms with Gasteiger partial charge in [-0.1, -0.05) is 12.1 Å². The molecule has 2 rings (SSSR count). The summed E-state index contributed by atoms with van der Waals surface area (Å²) in [5, 5.41) is 0. The Labute approximate surface area is 130 Å². The highest BCUT2D eigenvalue weighted by atomic mass is 19.1. The fourth-order valence-corrected chi connectivity index (χ4v) is 1.88. The summed E-state index contributed by atoms with van der Waals surface area (Å²) in [6.07, 6.45) is 0. The SMILES string of the molecule is CN(c1ccc(F)cc1)c1ccccc1OC(=O)C(C)(C)C. The van der Waals surface area contributed by atoms with Gasteiger partial charge in [0.1, 0.15) is 5.82 Å². The number of esters is 1. The zero-order valence-electron chi connectivity index (χ0n) is 13.3. The van der Waals surface area contributed by atoms with Crippen molar-refractivity contribution in [2.45, 2.75) is 20.8 Å². The van der Waals surface area contributed by atoms with Gasteiger partial charge in [0.05, 0.1) is 11.1 Å². The van der Waals surface area contributed by atoms with Crippen molar-refractivity contribution in [3.8, 4) is 5.75 Å². The van der Waals surface area contributed by atoms with Crippen LogP contribution in [0, 0.1) is 11.2 Å². The predicted molar refractivity (Wildman–Crippen MR) is 86.0 cm³/mol. The molecule has 0 aliphatic heterocycles. The quantitative estimate of drug-likeness (QED) is 0.615. The summed E-state index contributed by atoms with van der Waals surface area (Å²) < 4.78 is 18.6. The zero-order chi connectivity index (χ0) is 16.3. The second kappa shape index (κ2) is 6.18. The van der Waals surface area contributed by atoms with Gasteiger partial charge in [0.15, 0.2) is 5.75 Å². The van der Waals surface area contributed by atoms with Gasteiger partial charge in [-0.15, -0.1) is 0 Å². The molecule has 0 N–H and O–H groups in total. The third-order valence-corrected chi connectivity index (χ3v) is 3.26. The number of para-hydroxylation sites is 2. The number of hydrogen-bond acceptors (Lipinski definition) is 3. The summed E-state index contributed by atoms with van der Waals surface area (Å²) in [4.78, 5) is 14.0. The molecule has 0 amide bonds. The number of ether oxygens (including phenoxy) is 1. The van der Waals surface area contributed by atoms with Crippen molar-refractivity contribution in [1.29, 1.82) is 0 Å². The van der Waals surface area contributed by atoms with Crippen molar-refractivity contribution in [3.05, 3.63) is 54.3 Å². The summed E-state index contributed by atoms with van der Waals surface area (Å²) in [6, 6.07) is 13.4. The molecule has 0 aliphatic rings. The predicted octanol–water partition coefficient (Wildman–Crippen LogP) is 4.55. The van der Waals surface area contributed by atoms with E-state index in [0.29, 0.717) is 5.75 Å². The van der Waals surface area contributed by atoms with Crippen LogP contribution in [0.4, 0.5) is 15.8 Å². The maximum absolute atomic E-state index is 13.0. The van der Waals surface area contributed by atoms with Crippen LogP contribution >= 0.6 is 0 Å². The highest BCUT2D eigenvalue weighted by Crippen LogP contribution is 2.33. The molecular weight excluding hydrogens is 281 g/mol. The van der Waals surface area contributed by atoms with E-state index in [2.05, 4.69) is 0 Å². The van der Waals surface area contributed by atoms with E-state index in [4.69, 9.17) is 4.74 Å². The Kier molecular flexibility index (Phi) is 4.50. The molecule has 2 aromatic carbocycles. The van der Waals surface area contributed by atoms with Gasteiger partial charge in [-0.25, -0.2) is 4.39 Å². The van der Waals surface area contributed by atoms with Gasteiger partial charge in [-0.05, 0) is 57.2 Å². The van der Waals surface area contributed by atoms with Gasteiger partial charge in [0.25, 0.3) is 0 Å². The van der Waals surface area contributed by atoms with E-state index in [-0.39, 0.29) is 11.8 Å². The van der Waals surface area contributed by atoms with Crippen LogP contribution in [-0.4, -0.2) is 13.0 Å². The topological polar surface area (TPSA) is 29.5 Å². The van der Waals surface area contributed by atoms with Crippen LogP contribution < -0.4 is 9.64 Å². The number of hydrogen-bond donors (Lipinski definition) is 0. The Morgan fingerprint density at radius 2 is 1.64 bits per heavy atom. The highest BCUT2D eigenvalue weighted by molar-refractivity contribution is 5.80. The molecule has 116 valence electrons. The lowest BCUT2D eigenvalue weighted by Gasteiger charge is -2.24. The third-order valence-electron chi connectivity index (χ3n) is 3.26. The minimum Gasteiger partial charge on any atom is -0.424 e. The lowest BCUT2D eigenvalue weighted by molar-refractivity contribution is -0.142. The molecule has 22 heavy (non-hydrogen) atoms. The number of rotatable bonds is 3. The van der Waals surface area contributed by atoms with Crippen LogP contribution in [0.5, 0.6) is 5.75 Å². The number of carbonyl (C=O) groups excluding carboxylic acids is 1. The van der Waals surface area contributed by atoms with Crippen molar-refractivity contribution < 1.29 is 13.9 Å². The van der Waals surface area contributed by atoms with E-state index in [9.17, 15) is 9.18 Å². The first kappa shape index (κ1) is 16.0. The minimum atomic E-state index is -0.582. The normalized spacial score (nSPS) is 11.1. The fourth-order valence-electron chi connectivity index (χ4n) is 1.88. The molecule has 0 fully saturated rings. The van der Waals surface area contributed by atoms with E-state index in [1.165, 1.54) is 12.1 Å². The monoisotopic (exact) mass is 301 g/mol. The largest absolute Gasteiger partial charge is 0.424 e. The molecule has 0 atom stereocenters. The summed E-state index contributed by atoms with van der Waals surface area (Å²) >= 11 is 0. The number of benzene rings is 2. The van der Waals surface area contributed by atoms with Crippen molar-refractivity contribution in [1.82, 2.24) is 0 Å². The van der Waals surface area contributed by atoms with Crippen LogP contribution in [0.1, 0.15) is 20.8 Å². The molecule has 0 spiro atoms. The second-order valence-corrected chi connectivity index (χ2v) is 6.14. The maximum atomic E-state index is 13.0. The highest BCUT2D eigenvalue weighted by Gasteiger charge is 2.25. The molecule has 2 aromatic rings. The van der Waals surface area contributed by atoms with E-state index in [1.807, 2.05) is 50.9 Å². The molecule has 0 unspecified atom stereocenters. The van der Waals surface area contributed by atoms with Crippen molar-refractivity contribution >= 4 is 17.3 Å². The van der Waals surface area contributed by atoms with Crippen molar-refractivity contribution in [3.63, 3.8) is 0 Å². The lowest BCUT2D eigenvalue weighted by Crippen LogP contribution is -2.26. The standard InChI is InChI=1S/C18H20FNO2/c1-18(2,3)17(21)22-16-8-6-5-7-15(16)20(4)14-11-9-13(19)10-12-14/h5-12H,1-4H3. The van der Waals surface area contributed by atoms with E-state index in [1.54, 1.807) is 18.2 Å². The Hall–Kier alpha value is -2.36. The maximum Gasteiger partial charge on any atom is 0.316 e. The van der Waals surface area contributed by atoms with Gasteiger partial charge in [0.2, 0.25) is 0 Å². The average Bonchev–Trinajstić information content (AvgIpc) is 2.47. The first-order valence-corrected chi connectivity index (χ1v) is 7.09. The van der Waals surface area contributed by atoms with Crippen LogP contribution in [0.2, 0.25) is 0 Å². The smallest absolute Gasteiger partial charge is 0.316 e. The van der Waals surface area contributed by atoms with Crippen LogP contribution in [0.25, 0.3) is 0 Å². The number of halogens is 1. The summed E-state index contributed by atoms with van der Waals surface area (Å²) in [7, 11) is 1.84. The molecule has 4 heteroatoms. The van der Waals surface area contributed by atoms with E-state index in [0.717, 1.165) is 11.4 Å². The van der Waals surface area contributed by atoms with Gasteiger partial charge in [-0.3, -0.25) is 4.79 Å².